The van der Waals surface area contributed by atoms with Crippen molar-refractivity contribution < 1.29 is 37.0 Å². The number of nitrogens with zero attached hydrogens (tertiary/aromatic N) is 1. The number of hydrogen-bond donors (Lipinski definition) is 1. The van der Waals surface area contributed by atoms with Crippen molar-refractivity contribution in [3.05, 3.63) is 29.8 Å². The van der Waals surface area contributed by atoms with Crippen molar-refractivity contribution >= 4 is 13.9 Å². The van der Waals surface area contributed by atoms with E-state index in [2.05, 4.69) is 4.74 Å². The highest BCUT2D eigenvalue weighted by atomic mass is 31.1. The standard InChI is InChI=1S/C13H15F3NO5P/c1-10(18)17(7-2-8-23(19)20)21-9-11-3-5-12(6-4-11)22-13(14,15)16/h3-6H,2,7-9H2,1H3/p+1. The molecule has 6 nitrogen and oxygen atoms in total. The number of benzene rings is 1. The van der Waals surface area contributed by atoms with Crippen LogP contribution in [0.3, 0.4) is 0 Å². The minimum Gasteiger partial charge on any atom is -0.406 e. The molecular weight excluding hydrogens is 338 g/mol. The van der Waals surface area contributed by atoms with Gasteiger partial charge in [0, 0.05) is 13.3 Å². The lowest BCUT2D eigenvalue weighted by atomic mass is 10.2. The highest BCUT2D eigenvalue weighted by molar-refractivity contribution is 7.37. The second-order valence-corrected chi connectivity index (χ2v) is 5.67. The van der Waals surface area contributed by atoms with Gasteiger partial charge in [-0.05, 0) is 22.3 Å². The molecule has 0 aliphatic rings. The molecular formula is C13H16F3NO5P+. The summed E-state index contributed by atoms with van der Waals surface area (Å²) in [6.07, 6.45) is -4.41. The van der Waals surface area contributed by atoms with Crippen molar-refractivity contribution in [1.82, 2.24) is 5.06 Å². The van der Waals surface area contributed by atoms with Crippen LogP contribution < -0.4 is 4.74 Å². The third-order valence-electron chi connectivity index (χ3n) is 2.61. The largest absolute Gasteiger partial charge is 0.573 e. The fraction of sp³-hybridized carbons (Fsp3) is 0.462. The maximum absolute atomic E-state index is 12.0. The van der Waals surface area contributed by atoms with Gasteiger partial charge in [0.2, 0.25) is 5.91 Å². The fourth-order valence-corrected chi connectivity index (χ4v) is 2.01. The first-order valence-electron chi connectivity index (χ1n) is 6.56. The van der Waals surface area contributed by atoms with Crippen LogP contribution in [0.25, 0.3) is 0 Å². The van der Waals surface area contributed by atoms with Crippen molar-refractivity contribution in [2.45, 2.75) is 26.3 Å². The van der Waals surface area contributed by atoms with E-state index in [1.165, 1.54) is 19.1 Å². The Bertz CT molecular complexity index is 535. The van der Waals surface area contributed by atoms with E-state index in [-0.39, 0.29) is 31.0 Å². The summed E-state index contributed by atoms with van der Waals surface area (Å²) in [5.41, 5.74) is 0.541. The van der Waals surface area contributed by atoms with Gasteiger partial charge in [-0.25, -0.2) is 5.06 Å². The lowest BCUT2D eigenvalue weighted by Crippen LogP contribution is -2.30. The highest BCUT2D eigenvalue weighted by Gasteiger charge is 2.30. The van der Waals surface area contributed by atoms with E-state index in [1.807, 2.05) is 0 Å². The van der Waals surface area contributed by atoms with Gasteiger partial charge in [-0.2, -0.15) is 4.89 Å². The van der Waals surface area contributed by atoms with Crippen molar-refractivity contribution in [2.75, 3.05) is 12.7 Å². The molecule has 1 rings (SSSR count). The predicted molar refractivity (Wildman–Crippen MR) is 74.6 cm³/mol. The van der Waals surface area contributed by atoms with Crippen LogP contribution in [-0.4, -0.2) is 34.9 Å². The van der Waals surface area contributed by atoms with Crippen LogP contribution in [0.2, 0.25) is 0 Å². The Labute approximate surface area is 131 Å². The van der Waals surface area contributed by atoms with Gasteiger partial charge >= 0.3 is 14.4 Å². The number of ether oxygens (including phenoxy) is 1. The van der Waals surface area contributed by atoms with Crippen molar-refractivity contribution in [1.29, 1.82) is 0 Å². The number of rotatable bonds is 8. The third-order valence-corrected chi connectivity index (χ3v) is 3.30. The van der Waals surface area contributed by atoms with E-state index in [9.17, 15) is 22.5 Å². The summed E-state index contributed by atoms with van der Waals surface area (Å²) in [5.74, 6) is -0.730. The zero-order chi connectivity index (χ0) is 17.5. The number of carbonyl (C=O) groups is 1. The number of amides is 1. The number of hydroxylamine groups is 2. The Hall–Kier alpha value is -1.70. The van der Waals surface area contributed by atoms with E-state index in [0.29, 0.717) is 12.0 Å². The SMILES string of the molecule is CC(=O)N(CCC[P+](=O)O)OCc1ccc(OC(F)(F)F)cc1. The highest BCUT2D eigenvalue weighted by Crippen LogP contribution is 2.23. The Morgan fingerprint density at radius 2 is 1.91 bits per heavy atom. The maximum Gasteiger partial charge on any atom is 0.573 e. The van der Waals surface area contributed by atoms with Gasteiger partial charge in [-0.3, -0.25) is 9.63 Å². The van der Waals surface area contributed by atoms with E-state index in [0.717, 1.165) is 17.2 Å². The molecule has 0 aromatic heterocycles. The van der Waals surface area contributed by atoms with Crippen molar-refractivity contribution in [3.8, 4) is 5.75 Å². The smallest absolute Gasteiger partial charge is 0.406 e. The summed E-state index contributed by atoms with van der Waals surface area (Å²) < 4.78 is 50.4. The maximum atomic E-state index is 12.0. The Balaban J connectivity index is 2.50. The summed E-state index contributed by atoms with van der Waals surface area (Å²) in [5, 5.41) is 1.04. The van der Waals surface area contributed by atoms with Crippen LogP contribution in [0, 0.1) is 0 Å². The molecule has 0 spiro atoms. The normalized spacial score (nSPS) is 12.0. The van der Waals surface area contributed by atoms with Gasteiger partial charge in [0.25, 0.3) is 0 Å². The molecule has 0 radical (unpaired) electrons. The lowest BCUT2D eigenvalue weighted by molar-refractivity contribution is -0.274. The Morgan fingerprint density at radius 1 is 1.30 bits per heavy atom. The Kier molecular flexibility index (Phi) is 7.41. The zero-order valence-corrected chi connectivity index (χ0v) is 13.1. The van der Waals surface area contributed by atoms with Crippen LogP contribution in [0.15, 0.2) is 24.3 Å². The lowest BCUT2D eigenvalue weighted by Gasteiger charge is -2.19. The van der Waals surface area contributed by atoms with E-state index >= 15 is 0 Å². The molecule has 1 amide bonds. The summed E-state index contributed by atoms with van der Waals surface area (Å²) in [6, 6.07) is 5.04. The fourth-order valence-electron chi connectivity index (χ4n) is 1.60. The van der Waals surface area contributed by atoms with Crippen LogP contribution >= 0.6 is 8.03 Å². The average Bonchev–Trinajstić information content (AvgIpc) is 2.41. The predicted octanol–water partition coefficient (Wildman–Crippen LogP) is 2.99. The molecule has 0 heterocycles. The molecule has 1 unspecified atom stereocenters. The van der Waals surface area contributed by atoms with Crippen LogP contribution in [0.5, 0.6) is 5.75 Å². The first-order chi connectivity index (χ1) is 10.7. The van der Waals surface area contributed by atoms with Crippen molar-refractivity contribution in [3.63, 3.8) is 0 Å². The monoisotopic (exact) mass is 354 g/mol. The molecule has 0 fully saturated rings. The molecule has 0 saturated carbocycles. The van der Waals surface area contributed by atoms with Crippen LogP contribution in [0.1, 0.15) is 18.9 Å². The topological polar surface area (TPSA) is 76.1 Å². The number of carbonyl (C=O) groups excluding carboxylic acids is 1. The molecule has 10 heteroatoms. The summed E-state index contributed by atoms with van der Waals surface area (Å²) >= 11 is 0. The van der Waals surface area contributed by atoms with Gasteiger partial charge in [0.05, 0.1) is 6.54 Å². The molecule has 1 N–H and O–H groups in total. The molecule has 0 saturated heterocycles. The van der Waals surface area contributed by atoms with Gasteiger partial charge < -0.3 is 4.74 Å². The first kappa shape index (κ1) is 19.3. The summed E-state index contributed by atoms with van der Waals surface area (Å²) in [6.45, 7) is 1.39. The second-order valence-electron chi connectivity index (χ2n) is 4.52. The zero-order valence-electron chi connectivity index (χ0n) is 12.2. The number of hydrogen-bond acceptors (Lipinski definition) is 4. The molecule has 0 aliphatic heterocycles. The molecule has 0 aliphatic carbocycles. The number of alkyl halides is 3. The first-order valence-corrected chi connectivity index (χ1v) is 7.96. The molecule has 128 valence electrons. The van der Waals surface area contributed by atoms with Gasteiger partial charge in [-0.1, -0.05) is 12.1 Å². The van der Waals surface area contributed by atoms with E-state index in [4.69, 9.17) is 9.73 Å². The van der Waals surface area contributed by atoms with Crippen molar-refractivity contribution in [2.24, 2.45) is 0 Å². The Morgan fingerprint density at radius 3 is 2.39 bits per heavy atom. The molecule has 1 aromatic rings. The minimum absolute atomic E-state index is 0.0306. The molecule has 1 aromatic carbocycles. The summed E-state index contributed by atoms with van der Waals surface area (Å²) in [4.78, 5) is 25.3. The number of halogens is 3. The van der Waals surface area contributed by atoms with E-state index < -0.39 is 14.4 Å². The van der Waals surface area contributed by atoms with E-state index in [1.54, 1.807) is 0 Å². The molecule has 1 atom stereocenters. The van der Waals surface area contributed by atoms with Gasteiger partial charge in [0.15, 0.2) is 6.16 Å². The summed E-state index contributed by atoms with van der Waals surface area (Å²) in [7, 11) is -2.27. The quantitative estimate of drug-likeness (QED) is 0.574. The molecule has 23 heavy (non-hydrogen) atoms. The van der Waals surface area contributed by atoms with Gasteiger partial charge in [0.1, 0.15) is 12.4 Å². The van der Waals surface area contributed by atoms with Crippen LogP contribution in [-0.2, 0) is 20.8 Å². The minimum atomic E-state index is -4.75. The van der Waals surface area contributed by atoms with Crippen LogP contribution in [0.4, 0.5) is 13.2 Å². The third kappa shape index (κ3) is 8.49. The molecule has 0 bridgehead atoms. The second kappa shape index (κ2) is 8.81. The average molecular weight is 354 g/mol. The van der Waals surface area contributed by atoms with Gasteiger partial charge in [-0.15, -0.1) is 13.2 Å².